The van der Waals surface area contributed by atoms with Crippen LogP contribution in [0.15, 0.2) is 57.9 Å². The third kappa shape index (κ3) is 4.02. The zero-order valence-electron chi connectivity index (χ0n) is 13.6. The first kappa shape index (κ1) is 17.5. The second-order valence-electron chi connectivity index (χ2n) is 5.49. The molecule has 0 aliphatic carbocycles. The lowest BCUT2D eigenvalue weighted by Gasteiger charge is -2.08. The number of furan rings is 1. The van der Waals surface area contributed by atoms with Gasteiger partial charge in [0.05, 0.1) is 11.8 Å². The third-order valence-electron chi connectivity index (χ3n) is 3.65. The van der Waals surface area contributed by atoms with Crippen molar-refractivity contribution in [2.24, 2.45) is 0 Å². The lowest BCUT2D eigenvalue weighted by molar-refractivity contribution is 0.0948. The van der Waals surface area contributed by atoms with Crippen molar-refractivity contribution >= 4 is 5.91 Å². The molecular weight excluding hydrogens is 344 g/mol. The summed E-state index contributed by atoms with van der Waals surface area (Å²) in [4.78, 5) is 23.8. The van der Waals surface area contributed by atoms with E-state index in [9.17, 15) is 18.4 Å². The SMILES string of the molecule is O=C(NCCCn1nc(-c2ccco2)ccc1=O)c1ccc(F)cc1F. The second-order valence-corrected chi connectivity index (χ2v) is 5.49. The highest BCUT2D eigenvalue weighted by Gasteiger charge is 2.12. The van der Waals surface area contributed by atoms with Gasteiger partial charge in [-0.25, -0.2) is 13.5 Å². The number of aryl methyl sites for hydroxylation is 1. The number of carbonyl (C=O) groups is 1. The smallest absolute Gasteiger partial charge is 0.266 e. The average molecular weight is 359 g/mol. The first-order chi connectivity index (χ1) is 12.5. The summed E-state index contributed by atoms with van der Waals surface area (Å²) in [6, 6.07) is 9.15. The number of carbonyl (C=O) groups excluding carboxylic acids is 1. The van der Waals surface area contributed by atoms with E-state index >= 15 is 0 Å². The van der Waals surface area contributed by atoms with Gasteiger partial charge in [-0.2, -0.15) is 5.10 Å². The van der Waals surface area contributed by atoms with E-state index in [2.05, 4.69) is 10.4 Å². The molecule has 6 nitrogen and oxygen atoms in total. The number of hydrogen-bond donors (Lipinski definition) is 1. The molecule has 1 amide bonds. The minimum atomic E-state index is -0.925. The Hall–Kier alpha value is -3.29. The van der Waals surface area contributed by atoms with Crippen LogP contribution in [0.3, 0.4) is 0 Å². The summed E-state index contributed by atoms with van der Waals surface area (Å²) in [7, 11) is 0. The van der Waals surface area contributed by atoms with Gasteiger partial charge in [0.25, 0.3) is 11.5 Å². The Bertz CT molecular complexity index is 968. The third-order valence-corrected chi connectivity index (χ3v) is 3.65. The molecule has 0 spiro atoms. The maximum atomic E-state index is 13.5. The molecule has 0 atom stereocenters. The van der Waals surface area contributed by atoms with Crippen LogP contribution in [-0.2, 0) is 6.54 Å². The number of nitrogens with zero attached hydrogens (tertiary/aromatic N) is 2. The van der Waals surface area contributed by atoms with Gasteiger partial charge in [-0.3, -0.25) is 9.59 Å². The highest BCUT2D eigenvalue weighted by molar-refractivity contribution is 5.94. The van der Waals surface area contributed by atoms with E-state index in [0.29, 0.717) is 23.9 Å². The van der Waals surface area contributed by atoms with Gasteiger partial charge >= 0.3 is 0 Å². The number of rotatable bonds is 6. The quantitative estimate of drug-likeness (QED) is 0.687. The highest BCUT2D eigenvalue weighted by atomic mass is 19.1. The first-order valence-electron chi connectivity index (χ1n) is 7.90. The van der Waals surface area contributed by atoms with Crippen molar-refractivity contribution in [3.8, 4) is 11.5 Å². The van der Waals surface area contributed by atoms with Crippen LogP contribution in [0.4, 0.5) is 8.78 Å². The van der Waals surface area contributed by atoms with E-state index in [1.54, 1.807) is 18.2 Å². The summed E-state index contributed by atoms with van der Waals surface area (Å²) in [5.41, 5.74) is 0.00439. The molecule has 134 valence electrons. The highest BCUT2D eigenvalue weighted by Crippen LogP contribution is 2.15. The predicted octanol–water partition coefficient (Wildman–Crippen LogP) is 2.60. The molecule has 1 N–H and O–H groups in total. The zero-order valence-corrected chi connectivity index (χ0v) is 13.6. The molecule has 0 saturated carbocycles. The van der Waals surface area contributed by atoms with Crippen LogP contribution in [0.25, 0.3) is 11.5 Å². The normalized spacial score (nSPS) is 10.7. The van der Waals surface area contributed by atoms with Crippen LogP contribution in [0, 0.1) is 11.6 Å². The molecule has 3 rings (SSSR count). The van der Waals surface area contributed by atoms with Crippen molar-refractivity contribution in [1.82, 2.24) is 15.1 Å². The Balaban J connectivity index is 1.57. The summed E-state index contributed by atoms with van der Waals surface area (Å²) in [5, 5.41) is 6.74. The van der Waals surface area contributed by atoms with Crippen molar-refractivity contribution in [1.29, 1.82) is 0 Å². The first-order valence-corrected chi connectivity index (χ1v) is 7.90. The molecule has 0 bridgehead atoms. The summed E-state index contributed by atoms with van der Waals surface area (Å²) < 4.78 is 32.9. The van der Waals surface area contributed by atoms with Gasteiger partial charge in [0.1, 0.15) is 17.3 Å². The molecule has 0 unspecified atom stereocenters. The molecule has 8 heteroatoms. The molecule has 1 aromatic carbocycles. The monoisotopic (exact) mass is 359 g/mol. The number of amides is 1. The Kier molecular flexibility index (Phi) is 5.21. The predicted molar refractivity (Wildman–Crippen MR) is 89.5 cm³/mol. The number of hydrogen-bond acceptors (Lipinski definition) is 4. The number of aromatic nitrogens is 2. The Labute approximate surface area is 147 Å². The van der Waals surface area contributed by atoms with Crippen molar-refractivity contribution in [2.75, 3.05) is 6.54 Å². The van der Waals surface area contributed by atoms with Gasteiger partial charge in [0.2, 0.25) is 0 Å². The van der Waals surface area contributed by atoms with Gasteiger partial charge < -0.3 is 9.73 Å². The van der Waals surface area contributed by atoms with Gasteiger partial charge in [-0.05, 0) is 36.8 Å². The van der Waals surface area contributed by atoms with Crippen LogP contribution in [0.5, 0.6) is 0 Å². The fraction of sp³-hybridized carbons (Fsp3) is 0.167. The Morgan fingerprint density at radius 2 is 2.04 bits per heavy atom. The fourth-order valence-corrected chi connectivity index (χ4v) is 2.36. The minimum Gasteiger partial charge on any atom is -0.463 e. The van der Waals surface area contributed by atoms with Crippen LogP contribution >= 0.6 is 0 Å². The molecule has 0 aliphatic rings. The number of nitrogens with one attached hydrogen (secondary N) is 1. The van der Waals surface area contributed by atoms with Crippen LogP contribution in [-0.4, -0.2) is 22.2 Å². The van der Waals surface area contributed by atoms with E-state index in [1.165, 1.54) is 17.0 Å². The summed E-state index contributed by atoms with van der Waals surface area (Å²) >= 11 is 0. The maximum absolute atomic E-state index is 13.5. The molecule has 0 radical (unpaired) electrons. The van der Waals surface area contributed by atoms with Crippen LogP contribution in [0.2, 0.25) is 0 Å². The minimum absolute atomic E-state index is 0.203. The average Bonchev–Trinajstić information content (AvgIpc) is 3.14. The Morgan fingerprint density at radius 3 is 2.77 bits per heavy atom. The fourth-order valence-electron chi connectivity index (χ4n) is 2.36. The number of halogens is 2. The van der Waals surface area contributed by atoms with E-state index in [0.717, 1.165) is 12.1 Å². The largest absolute Gasteiger partial charge is 0.463 e. The number of benzene rings is 1. The standard InChI is InChI=1S/C18H15F2N3O3/c19-12-4-5-13(14(20)11-12)18(25)21-8-2-9-23-17(24)7-6-15(22-23)16-3-1-10-26-16/h1,3-7,10-11H,2,8-9H2,(H,21,25). The van der Waals surface area contributed by atoms with Crippen molar-refractivity contribution in [3.63, 3.8) is 0 Å². The van der Waals surface area contributed by atoms with Crippen LogP contribution in [0.1, 0.15) is 16.8 Å². The zero-order chi connectivity index (χ0) is 18.5. The van der Waals surface area contributed by atoms with Crippen molar-refractivity contribution < 1.29 is 18.0 Å². The molecule has 0 fully saturated rings. The van der Waals surface area contributed by atoms with Gasteiger partial charge in [0, 0.05) is 25.2 Å². The second kappa shape index (κ2) is 7.73. The van der Waals surface area contributed by atoms with Crippen molar-refractivity contribution in [2.45, 2.75) is 13.0 Å². The van der Waals surface area contributed by atoms with Crippen LogP contribution < -0.4 is 10.9 Å². The van der Waals surface area contributed by atoms with Gasteiger partial charge in [0.15, 0.2) is 5.76 Å². The molecular formula is C18H15F2N3O3. The van der Waals surface area contributed by atoms with E-state index in [1.807, 2.05) is 0 Å². The van der Waals surface area contributed by atoms with Gasteiger partial charge in [-0.15, -0.1) is 0 Å². The topological polar surface area (TPSA) is 77.1 Å². The molecule has 26 heavy (non-hydrogen) atoms. The van der Waals surface area contributed by atoms with Gasteiger partial charge in [-0.1, -0.05) is 0 Å². The summed E-state index contributed by atoms with van der Waals surface area (Å²) in [6.45, 7) is 0.467. The lowest BCUT2D eigenvalue weighted by Crippen LogP contribution is -2.28. The van der Waals surface area contributed by atoms with E-state index in [4.69, 9.17) is 4.42 Å². The van der Waals surface area contributed by atoms with E-state index in [-0.39, 0.29) is 24.2 Å². The molecule has 2 aromatic heterocycles. The van der Waals surface area contributed by atoms with Crippen molar-refractivity contribution in [3.05, 3.63) is 76.3 Å². The molecule has 3 aromatic rings. The molecule has 0 saturated heterocycles. The van der Waals surface area contributed by atoms with E-state index < -0.39 is 17.5 Å². The Morgan fingerprint density at radius 1 is 1.19 bits per heavy atom. The summed E-state index contributed by atoms with van der Waals surface area (Å²) in [6.07, 6.45) is 1.92. The lowest BCUT2D eigenvalue weighted by atomic mass is 10.2. The molecule has 0 aliphatic heterocycles. The maximum Gasteiger partial charge on any atom is 0.266 e. The molecule has 2 heterocycles. The summed E-state index contributed by atoms with van der Waals surface area (Å²) in [5.74, 6) is -1.78.